The van der Waals surface area contributed by atoms with Crippen LogP contribution >= 0.6 is 0 Å². The number of carbonyl (C=O) groups is 2. The Labute approximate surface area is 293 Å². The predicted octanol–water partition coefficient (Wildman–Crippen LogP) is 8.50. The van der Waals surface area contributed by atoms with Crippen molar-refractivity contribution < 1.29 is 58.6 Å². The third-order valence-electron chi connectivity index (χ3n) is 8.27. The van der Waals surface area contributed by atoms with E-state index in [0.29, 0.717) is 43.8 Å². The standard InChI is InChI=1S/C34H36F9N5O4/c1-4-48(31(50)52-6-3)28-8-7-24(32(35,36)37)15-23(28)20-47(19-21-13-25(33(38,39)40)16-26(14-21)34(41,42)43)30-44-17-27(18-45-30)46-11-9-22(10-12-46)29(49)51-5-2/h7-8,13-18,22H,4-6,9-12,19-20H2,1-3H3. The smallest absolute Gasteiger partial charge is 0.416 e. The van der Waals surface area contributed by atoms with Gasteiger partial charge in [0, 0.05) is 32.7 Å². The maximum atomic E-state index is 13.9. The van der Waals surface area contributed by atoms with Gasteiger partial charge in [-0.2, -0.15) is 39.5 Å². The summed E-state index contributed by atoms with van der Waals surface area (Å²) in [6.07, 6.45) is -12.4. The number of amides is 1. The second kappa shape index (κ2) is 16.3. The third-order valence-corrected chi connectivity index (χ3v) is 8.27. The molecule has 1 aliphatic heterocycles. The van der Waals surface area contributed by atoms with E-state index >= 15 is 0 Å². The number of piperidine rings is 1. The van der Waals surface area contributed by atoms with Crippen molar-refractivity contribution in [2.45, 2.75) is 65.2 Å². The second-order valence-corrected chi connectivity index (χ2v) is 11.8. The van der Waals surface area contributed by atoms with E-state index in [1.807, 2.05) is 4.90 Å². The molecule has 18 heteroatoms. The first-order valence-electron chi connectivity index (χ1n) is 16.3. The van der Waals surface area contributed by atoms with Crippen molar-refractivity contribution in [2.24, 2.45) is 5.92 Å². The molecule has 284 valence electrons. The van der Waals surface area contributed by atoms with Gasteiger partial charge in [-0.05, 0) is 81.1 Å². The van der Waals surface area contributed by atoms with E-state index in [4.69, 9.17) is 9.47 Å². The summed E-state index contributed by atoms with van der Waals surface area (Å²) in [6, 6.07) is 3.49. The number of halogens is 9. The van der Waals surface area contributed by atoms with Crippen molar-refractivity contribution in [2.75, 3.05) is 47.5 Å². The molecule has 1 fully saturated rings. The van der Waals surface area contributed by atoms with Crippen LogP contribution in [0.4, 0.5) is 61.6 Å². The molecule has 0 N–H and O–H groups in total. The molecule has 0 saturated carbocycles. The van der Waals surface area contributed by atoms with Crippen LogP contribution in [0.5, 0.6) is 0 Å². The number of ether oxygens (including phenoxy) is 2. The number of benzene rings is 2. The average molecular weight is 750 g/mol. The zero-order valence-corrected chi connectivity index (χ0v) is 28.3. The van der Waals surface area contributed by atoms with Crippen LogP contribution in [0.3, 0.4) is 0 Å². The van der Waals surface area contributed by atoms with Crippen LogP contribution < -0.4 is 14.7 Å². The zero-order valence-electron chi connectivity index (χ0n) is 28.3. The predicted molar refractivity (Wildman–Crippen MR) is 171 cm³/mol. The molecule has 0 bridgehead atoms. The molecular formula is C34H36F9N5O4. The maximum absolute atomic E-state index is 13.9. The van der Waals surface area contributed by atoms with E-state index < -0.39 is 60.0 Å². The molecule has 2 aromatic carbocycles. The topological polar surface area (TPSA) is 88.1 Å². The first-order valence-corrected chi connectivity index (χ1v) is 16.3. The summed E-state index contributed by atoms with van der Waals surface area (Å²) in [5, 5.41) is 0. The van der Waals surface area contributed by atoms with Crippen LogP contribution in [0.2, 0.25) is 0 Å². The molecule has 1 amide bonds. The second-order valence-electron chi connectivity index (χ2n) is 11.8. The van der Waals surface area contributed by atoms with E-state index in [9.17, 15) is 49.1 Å². The minimum Gasteiger partial charge on any atom is -0.466 e. The molecule has 0 spiro atoms. The van der Waals surface area contributed by atoms with Crippen LogP contribution in [0, 0.1) is 5.92 Å². The van der Waals surface area contributed by atoms with Crippen molar-refractivity contribution in [1.29, 1.82) is 0 Å². The normalized spacial score (nSPS) is 14.3. The highest BCUT2D eigenvalue weighted by Crippen LogP contribution is 2.38. The highest BCUT2D eigenvalue weighted by Gasteiger charge is 2.38. The Kier molecular flexibility index (Phi) is 12.5. The fourth-order valence-electron chi connectivity index (χ4n) is 5.76. The lowest BCUT2D eigenvalue weighted by Crippen LogP contribution is -2.37. The van der Waals surface area contributed by atoms with E-state index in [0.717, 1.165) is 28.0 Å². The van der Waals surface area contributed by atoms with Gasteiger partial charge in [-0.3, -0.25) is 9.69 Å². The van der Waals surface area contributed by atoms with E-state index in [2.05, 4.69) is 9.97 Å². The van der Waals surface area contributed by atoms with Gasteiger partial charge in [0.25, 0.3) is 0 Å². The molecule has 0 atom stereocenters. The summed E-state index contributed by atoms with van der Waals surface area (Å²) >= 11 is 0. The quantitative estimate of drug-likeness (QED) is 0.143. The minimum atomic E-state index is -5.16. The summed E-state index contributed by atoms with van der Waals surface area (Å²) in [6.45, 7) is 4.44. The van der Waals surface area contributed by atoms with Gasteiger partial charge in [-0.1, -0.05) is 0 Å². The number of alkyl halides is 9. The van der Waals surface area contributed by atoms with Gasteiger partial charge in [0.2, 0.25) is 5.95 Å². The number of carbonyl (C=O) groups excluding carboxylic acids is 2. The number of esters is 1. The average Bonchev–Trinajstić information content (AvgIpc) is 3.08. The Hall–Kier alpha value is -4.77. The van der Waals surface area contributed by atoms with Crippen molar-refractivity contribution >= 4 is 29.4 Å². The van der Waals surface area contributed by atoms with E-state index in [-0.39, 0.29) is 54.9 Å². The molecule has 1 aromatic heterocycles. The highest BCUT2D eigenvalue weighted by atomic mass is 19.4. The van der Waals surface area contributed by atoms with Gasteiger partial charge in [-0.15, -0.1) is 0 Å². The molecule has 0 unspecified atom stereocenters. The number of aromatic nitrogens is 2. The highest BCUT2D eigenvalue weighted by molar-refractivity contribution is 5.88. The van der Waals surface area contributed by atoms with E-state index in [1.165, 1.54) is 26.2 Å². The Bertz CT molecular complexity index is 1660. The number of hydrogen-bond donors (Lipinski definition) is 0. The Balaban J connectivity index is 1.79. The number of hydrogen-bond acceptors (Lipinski definition) is 8. The number of anilines is 3. The molecule has 2 heterocycles. The van der Waals surface area contributed by atoms with Gasteiger partial charge in [0.15, 0.2) is 0 Å². The zero-order chi connectivity index (χ0) is 38.4. The van der Waals surface area contributed by atoms with Crippen molar-refractivity contribution in [3.63, 3.8) is 0 Å². The lowest BCUT2D eigenvalue weighted by atomic mass is 9.97. The Morgan fingerprint density at radius 2 is 1.33 bits per heavy atom. The largest absolute Gasteiger partial charge is 0.466 e. The molecule has 3 aromatic rings. The van der Waals surface area contributed by atoms with Gasteiger partial charge in [-0.25, -0.2) is 14.8 Å². The lowest BCUT2D eigenvalue weighted by Gasteiger charge is -2.32. The lowest BCUT2D eigenvalue weighted by molar-refractivity contribution is -0.148. The minimum absolute atomic E-state index is 0.0341. The van der Waals surface area contributed by atoms with Crippen LogP contribution in [0.1, 0.15) is 61.4 Å². The summed E-state index contributed by atoms with van der Waals surface area (Å²) in [7, 11) is 0. The fraction of sp³-hybridized carbons (Fsp3) is 0.471. The third kappa shape index (κ3) is 9.97. The Morgan fingerprint density at radius 3 is 1.83 bits per heavy atom. The summed E-state index contributed by atoms with van der Waals surface area (Å²) in [5.74, 6) is -0.857. The van der Waals surface area contributed by atoms with E-state index in [1.54, 1.807) is 6.92 Å². The SMILES string of the molecule is CCOC(=O)C1CCN(c2cnc(N(Cc3cc(C(F)(F)F)cc(C(F)(F)F)c3)Cc3cc(C(F)(F)F)ccc3N(CC)C(=O)OCC)nc2)CC1. The summed E-state index contributed by atoms with van der Waals surface area (Å²) in [4.78, 5) is 37.6. The molecule has 9 nitrogen and oxygen atoms in total. The molecule has 0 radical (unpaired) electrons. The molecule has 4 rings (SSSR count). The van der Waals surface area contributed by atoms with Crippen LogP contribution in [-0.4, -0.2) is 54.9 Å². The fourth-order valence-corrected chi connectivity index (χ4v) is 5.76. The number of nitrogens with zero attached hydrogens (tertiary/aromatic N) is 5. The number of rotatable bonds is 11. The maximum Gasteiger partial charge on any atom is 0.416 e. The van der Waals surface area contributed by atoms with Gasteiger partial charge < -0.3 is 19.3 Å². The van der Waals surface area contributed by atoms with Crippen LogP contribution in [0.15, 0.2) is 48.8 Å². The molecule has 1 aliphatic rings. The first kappa shape index (κ1) is 40.0. The summed E-state index contributed by atoms with van der Waals surface area (Å²) in [5.41, 5.74) is -4.49. The molecule has 1 saturated heterocycles. The molecule has 0 aliphatic carbocycles. The summed E-state index contributed by atoms with van der Waals surface area (Å²) < 4.78 is 134. The van der Waals surface area contributed by atoms with Gasteiger partial charge in [0.1, 0.15) is 0 Å². The van der Waals surface area contributed by atoms with Crippen molar-refractivity contribution in [1.82, 2.24) is 9.97 Å². The van der Waals surface area contributed by atoms with Crippen molar-refractivity contribution in [3.8, 4) is 0 Å². The molecule has 52 heavy (non-hydrogen) atoms. The van der Waals surface area contributed by atoms with Gasteiger partial charge in [0.05, 0.1) is 59.6 Å². The van der Waals surface area contributed by atoms with Gasteiger partial charge >= 0.3 is 30.6 Å². The van der Waals surface area contributed by atoms with Crippen molar-refractivity contribution in [3.05, 3.63) is 76.6 Å². The molecular weight excluding hydrogens is 713 g/mol. The Morgan fingerprint density at radius 1 is 0.769 bits per heavy atom. The first-order chi connectivity index (χ1) is 24.3. The monoisotopic (exact) mass is 749 g/mol. The van der Waals surface area contributed by atoms with Crippen LogP contribution in [-0.2, 0) is 45.9 Å². The van der Waals surface area contributed by atoms with Crippen LogP contribution in [0.25, 0.3) is 0 Å².